The summed E-state index contributed by atoms with van der Waals surface area (Å²) in [4.78, 5) is 0. The molecule has 0 saturated carbocycles. The van der Waals surface area contributed by atoms with Gasteiger partial charge in [-0.15, -0.1) is 0 Å². The van der Waals surface area contributed by atoms with Crippen molar-refractivity contribution < 1.29 is 4.74 Å². The van der Waals surface area contributed by atoms with Gasteiger partial charge in [-0.05, 0) is 68.3 Å². The number of hydrogen-bond acceptors (Lipinski definition) is 2. The van der Waals surface area contributed by atoms with E-state index in [0.717, 1.165) is 31.9 Å². The van der Waals surface area contributed by atoms with Crippen molar-refractivity contribution in [2.45, 2.75) is 0 Å². The molecule has 19 heavy (non-hydrogen) atoms. The highest BCUT2D eigenvalue weighted by Gasteiger charge is 2.04. The number of hydrogen-bond donors (Lipinski definition) is 1. The van der Waals surface area contributed by atoms with E-state index in [-0.39, 0.29) is 0 Å². The first-order valence-electron chi connectivity index (χ1n) is 5.73. The van der Waals surface area contributed by atoms with Gasteiger partial charge in [0, 0.05) is 17.3 Å². The van der Waals surface area contributed by atoms with Crippen LogP contribution in [0.1, 0.15) is 0 Å². The summed E-state index contributed by atoms with van der Waals surface area (Å²) in [5, 5.41) is 4.00. The van der Waals surface area contributed by atoms with E-state index in [4.69, 9.17) is 16.3 Å². The van der Waals surface area contributed by atoms with E-state index in [1.807, 2.05) is 42.5 Å². The molecular formula is C14H12Br2ClNO. The lowest BCUT2D eigenvalue weighted by Gasteiger charge is -2.11. The summed E-state index contributed by atoms with van der Waals surface area (Å²) in [6, 6.07) is 13.4. The molecule has 0 aliphatic rings. The highest BCUT2D eigenvalue weighted by molar-refractivity contribution is 9.11. The van der Waals surface area contributed by atoms with Crippen molar-refractivity contribution in [1.29, 1.82) is 0 Å². The molecule has 0 heterocycles. The van der Waals surface area contributed by atoms with Crippen molar-refractivity contribution in [2.24, 2.45) is 0 Å². The maximum atomic E-state index is 5.82. The predicted molar refractivity (Wildman–Crippen MR) is 87.3 cm³/mol. The molecule has 0 saturated heterocycles. The zero-order valence-corrected chi connectivity index (χ0v) is 13.9. The number of halogens is 3. The lowest BCUT2D eigenvalue weighted by molar-refractivity contribution is 0.329. The second kappa shape index (κ2) is 7.17. The van der Waals surface area contributed by atoms with Gasteiger partial charge >= 0.3 is 0 Å². The third-order valence-corrected chi connectivity index (χ3v) is 3.94. The molecule has 1 N–H and O–H groups in total. The number of anilines is 1. The van der Waals surface area contributed by atoms with Crippen LogP contribution < -0.4 is 10.1 Å². The molecule has 2 aromatic rings. The molecule has 0 unspecified atom stereocenters. The number of rotatable bonds is 5. The van der Waals surface area contributed by atoms with Gasteiger partial charge in [-0.3, -0.25) is 0 Å². The van der Waals surface area contributed by atoms with Crippen LogP contribution >= 0.6 is 43.5 Å². The van der Waals surface area contributed by atoms with E-state index >= 15 is 0 Å². The fourth-order valence-corrected chi connectivity index (χ4v) is 2.89. The molecule has 5 heteroatoms. The third kappa shape index (κ3) is 4.41. The van der Waals surface area contributed by atoms with Crippen molar-refractivity contribution in [3.63, 3.8) is 0 Å². The van der Waals surface area contributed by atoms with E-state index in [9.17, 15) is 0 Å². The molecule has 0 fully saturated rings. The van der Waals surface area contributed by atoms with E-state index in [1.54, 1.807) is 0 Å². The summed E-state index contributed by atoms with van der Waals surface area (Å²) in [7, 11) is 0. The Morgan fingerprint density at radius 2 is 1.63 bits per heavy atom. The molecule has 2 nitrogen and oxygen atoms in total. The molecule has 0 atom stereocenters. The fourth-order valence-electron chi connectivity index (χ4n) is 1.54. The van der Waals surface area contributed by atoms with Crippen molar-refractivity contribution >= 4 is 49.1 Å². The van der Waals surface area contributed by atoms with Crippen LogP contribution in [0.2, 0.25) is 5.02 Å². The summed E-state index contributed by atoms with van der Waals surface area (Å²) in [5.41, 5.74) is 1.03. The molecule has 0 aliphatic carbocycles. The summed E-state index contributed by atoms with van der Waals surface area (Å²) in [6.45, 7) is 1.29. The Hall–Kier alpha value is -0.710. The first kappa shape index (κ1) is 14.7. The van der Waals surface area contributed by atoms with Crippen molar-refractivity contribution in [3.05, 3.63) is 56.4 Å². The van der Waals surface area contributed by atoms with Gasteiger partial charge in [-0.1, -0.05) is 17.7 Å². The van der Waals surface area contributed by atoms with Crippen molar-refractivity contribution in [1.82, 2.24) is 0 Å². The van der Waals surface area contributed by atoms with Crippen LogP contribution in [0.15, 0.2) is 51.4 Å². The molecule has 100 valence electrons. The summed E-state index contributed by atoms with van der Waals surface area (Å²) in [5.74, 6) is 0.820. The first-order valence-corrected chi connectivity index (χ1v) is 7.69. The summed E-state index contributed by atoms with van der Waals surface area (Å²) < 4.78 is 7.61. The Bertz CT molecular complexity index is 525. The number of benzene rings is 2. The van der Waals surface area contributed by atoms with E-state index in [2.05, 4.69) is 37.2 Å². The molecule has 0 radical (unpaired) electrons. The molecule has 0 aliphatic heterocycles. The maximum absolute atomic E-state index is 5.82. The minimum absolute atomic E-state index is 0.573. The van der Waals surface area contributed by atoms with Crippen LogP contribution in [0.4, 0.5) is 5.69 Å². The summed E-state index contributed by atoms with van der Waals surface area (Å²) >= 11 is 12.7. The monoisotopic (exact) mass is 403 g/mol. The Morgan fingerprint density at radius 1 is 1.00 bits per heavy atom. The molecule has 0 amide bonds. The molecular weight excluding hydrogens is 393 g/mol. The minimum atomic E-state index is 0.573. The standard InChI is InChI=1S/C14H12Br2ClNO/c15-12-2-1-3-13(16)14(12)19-9-8-18-11-6-4-10(17)5-7-11/h1-7,18H,8-9H2. The van der Waals surface area contributed by atoms with Gasteiger partial charge in [0.25, 0.3) is 0 Å². The van der Waals surface area contributed by atoms with Gasteiger partial charge in [0.05, 0.1) is 8.95 Å². The highest BCUT2D eigenvalue weighted by atomic mass is 79.9. The molecule has 0 spiro atoms. The number of ether oxygens (including phenoxy) is 1. The number of nitrogens with one attached hydrogen (secondary N) is 1. The molecule has 0 bridgehead atoms. The van der Waals surface area contributed by atoms with Crippen LogP contribution in [0.25, 0.3) is 0 Å². The van der Waals surface area contributed by atoms with Crippen LogP contribution in [0.3, 0.4) is 0 Å². The lowest BCUT2D eigenvalue weighted by Crippen LogP contribution is -2.11. The van der Waals surface area contributed by atoms with E-state index < -0.39 is 0 Å². The quantitative estimate of drug-likeness (QED) is 0.677. The Morgan fingerprint density at radius 3 is 2.26 bits per heavy atom. The maximum Gasteiger partial charge on any atom is 0.147 e. The third-order valence-electron chi connectivity index (χ3n) is 2.44. The van der Waals surface area contributed by atoms with Crippen LogP contribution in [0.5, 0.6) is 5.75 Å². The Balaban J connectivity index is 1.82. The number of para-hydroxylation sites is 1. The average molecular weight is 406 g/mol. The summed E-state index contributed by atoms with van der Waals surface area (Å²) in [6.07, 6.45) is 0. The van der Waals surface area contributed by atoms with Gasteiger partial charge in [-0.25, -0.2) is 0 Å². The van der Waals surface area contributed by atoms with Crippen LogP contribution in [-0.4, -0.2) is 13.2 Å². The fraction of sp³-hybridized carbons (Fsp3) is 0.143. The lowest BCUT2D eigenvalue weighted by atomic mass is 10.3. The zero-order chi connectivity index (χ0) is 13.7. The smallest absolute Gasteiger partial charge is 0.147 e. The second-order valence-electron chi connectivity index (χ2n) is 3.83. The molecule has 0 aromatic heterocycles. The second-order valence-corrected chi connectivity index (χ2v) is 5.98. The van der Waals surface area contributed by atoms with Gasteiger partial charge in [-0.2, -0.15) is 0 Å². The van der Waals surface area contributed by atoms with Crippen molar-refractivity contribution in [2.75, 3.05) is 18.5 Å². The van der Waals surface area contributed by atoms with Gasteiger partial charge < -0.3 is 10.1 Å². The van der Waals surface area contributed by atoms with Gasteiger partial charge in [0.2, 0.25) is 0 Å². The van der Waals surface area contributed by atoms with E-state index in [1.165, 1.54) is 0 Å². The average Bonchev–Trinajstić information content (AvgIpc) is 2.39. The topological polar surface area (TPSA) is 21.3 Å². The largest absolute Gasteiger partial charge is 0.489 e. The Kier molecular flexibility index (Phi) is 5.55. The first-order chi connectivity index (χ1) is 9.16. The van der Waals surface area contributed by atoms with Crippen LogP contribution in [0, 0.1) is 0 Å². The van der Waals surface area contributed by atoms with Gasteiger partial charge in [0.1, 0.15) is 12.4 Å². The zero-order valence-electron chi connectivity index (χ0n) is 10.00. The predicted octanol–water partition coefficient (Wildman–Crippen LogP) is 5.36. The van der Waals surface area contributed by atoms with E-state index in [0.29, 0.717) is 6.61 Å². The van der Waals surface area contributed by atoms with Gasteiger partial charge in [0.15, 0.2) is 0 Å². The van der Waals surface area contributed by atoms with Crippen molar-refractivity contribution in [3.8, 4) is 5.75 Å². The minimum Gasteiger partial charge on any atom is -0.489 e. The SMILES string of the molecule is Clc1ccc(NCCOc2c(Br)cccc2Br)cc1. The Labute approximate surface area is 134 Å². The molecule has 2 aromatic carbocycles. The highest BCUT2D eigenvalue weighted by Crippen LogP contribution is 2.32. The molecule has 2 rings (SSSR count). The normalized spacial score (nSPS) is 10.3. The van der Waals surface area contributed by atoms with Crippen LogP contribution in [-0.2, 0) is 0 Å².